The van der Waals surface area contributed by atoms with Gasteiger partial charge in [0.25, 0.3) is 0 Å². The van der Waals surface area contributed by atoms with Crippen LogP contribution in [-0.2, 0) is 0 Å². The van der Waals surface area contributed by atoms with Gasteiger partial charge in [-0.3, -0.25) is 0 Å². The lowest BCUT2D eigenvalue weighted by atomic mass is 9.72. The highest BCUT2D eigenvalue weighted by molar-refractivity contribution is 6.28. The first kappa shape index (κ1) is 14.4. The highest BCUT2D eigenvalue weighted by atomic mass is 35.5. The first-order valence-corrected chi connectivity index (χ1v) is 6.88. The van der Waals surface area contributed by atoms with E-state index in [4.69, 9.17) is 11.6 Å². The Hall–Kier alpha value is -1.50. The second-order valence-corrected chi connectivity index (χ2v) is 5.69. The predicted octanol–water partition coefficient (Wildman–Crippen LogP) is 3.75. The Morgan fingerprint density at radius 3 is 2.24 bits per heavy atom. The molecular formula is C13H12ClF3N4. The van der Waals surface area contributed by atoms with Gasteiger partial charge in [-0.05, 0) is 38.3 Å². The molecule has 1 fully saturated rings. The molecule has 2 aromatic rings. The van der Waals surface area contributed by atoms with Gasteiger partial charge in [0.05, 0.1) is 23.0 Å². The summed E-state index contributed by atoms with van der Waals surface area (Å²) < 4.78 is 37.8. The minimum atomic E-state index is -4.15. The summed E-state index contributed by atoms with van der Waals surface area (Å²) in [6, 6.07) is 0. The molecule has 0 aromatic carbocycles. The van der Waals surface area contributed by atoms with Crippen molar-refractivity contribution >= 4 is 22.8 Å². The number of hydrogen-bond acceptors (Lipinski definition) is 4. The van der Waals surface area contributed by atoms with E-state index in [0.717, 1.165) is 0 Å². The Kier molecular flexibility index (Phi) is 3.27. The zero-order valence-corrected chi connectivity index (χ0v) is 12.1. The van der Waals surface area contributed by atoms with E-state index < -0.39 is 12.1 Å². The summed E-state index contributed by atoms with van der Waals surface area (Å²) in [4.78, 5) is 16.8. The Labute approximate surface area is 123 Å². The molecule has 0 amide bonds. The van der Waals surface area contributed by atoms with Gasteiger partial charge in [-0.25, -0.2) is 15.0 Å². The summed E-state index contributed by atoms with van der Waals surface area (Å²) in [5.41, 5.74) is 2.68. The lowest BCUT2D eigenvalue weighted by molar-refractivity contribution is -0.197. The molecule has 3 rings (SSSR count). The molecule has 2 heterocycles. The third-order valence-corrected chi connectivity index (χ3v) is 4.10. The summed E-state index contributed by atoms with van der Waals surface area (Å²) in [6.07, 6.45) is -4.12. The molecule has 0 saturated heterocycles. The van der Waals surface area contributed by atoms with E-state index in [1.165, 1.54) is 0 Å². The molecule has 0 N–H and O–H groups in total. The van der Waals surface area contributed by atoms with Crippen LogP contribution in [0.4, 0.5) is 13.2 Å². The zero-order valence-electron chi connectivity index (χ0n) is 11.4. The third-order valence-electron chi connectivity index (χ3n) is 3.93. The summed E-state index contributed by atoms with van der Waals surface area (Å²) in [5, 5.41) is -0.00879. The molecule has 1 saturated carbocycles. The molecule has 21 heavy (non-hydrogen) atoms. The predicted molar refractivity (Wildman–Crippen MR) is 71.1 cm³/mol. The summed E-state index contributed by atoms with van der Waals surface area (Å²) in [5.74, 6) is -1.57. The molecule has 0 bridgehead atoms. The van der Waals surface area contributed by atoms with Crippen LogP contribution in [0.25, 0.3) is 11.2 Å². The first-order chi connectivity index (χ1) is 9.75. The van der Waals surface area contributed by atoms with Crippen LogP contribution in [-0.4, -0.2) is 26.1 Å². The fraction of sp³-hybridized carbons (Fsp3) is 0.538. The fourth-order valence-corrected chi connectivity index (χ4v) is 2.67. The van der Waals surface area contributed by atoms with Crippen LogP contribution < -0.4 is 0 Å². The van der Waals surface area contributed by atoms with Gasteiger partial charge in [-0.15, -0.1) is 0 Å². The highest BCUT2D eigenvalue weighted by Gasteiger charge is 2.49. The van der Waals surface area contributed by atoms with Crippen molar-refractivity contribution in [1.82, 2.24) is 19.9 Å². The Bertz CT molecular complexity index is 711. The van der Waals surface area contributed by atoms with Gasteiger partial charge in [0.1, 0.15) is 5.52 Å². The second-order valence-electron chi connectivity index (χ2n) is 5.35. The van der Waals surface area contributed by atoms with E-state index >= 15 is 0 Å². The number of alkyl halides is 3. The number of aryl methyl sites for hydroxylation is 2. The Morgan fingerprint density at radius 1 is 1.00 bits per heavy atom. The molecule has 112 valence electrons. The van der Waals surface area contributed by atoms with E-state index in [0.29, 0.717) is 28.2 Å². The first-order valence-electron chi connectivity index (χ1n) is 6.51. The Morgan fingerprint density at radius 2 is 1.62 bits per heavy atom. The van der Waals surface area contributed by atoms with Gasteiger partial charge in [-0.2, -0.15) is 18.2 Å². The third kappa shape index (κ3) is 2.54. The standard InChI is InChI=1S/C13H12ClF3N4/c1-5-6(2)19-11-10(18-5)9(20-12(14)21-11)7-3-8(4-7)13(15,16)17/h7-8H,3-4H2,1-2H3/t7-,8-. The monoisotopic (exact) mass is 316 g/mol. The topological polar surface area (TPSA) is 51.6 Å². The van der Waals surface area contributed by atoms with Crippen molar-refractivity contribution in [3.63, 3.8) is 0 Å². The molecule has 0 atom stereocenters. The molecule has 1 aliphatic carbocycles. The minimum Gasteiger partial charge on any atom is -0.246 e. The van der Waals surface area contributed by atoms with Crippen molar-refractivity contribution in [3.8, 4) is 0 Å². The maximum absolute atomic E-state index is 12.6. The number of fused-ring (bicyclic) bond motifs is 1. The van der Waals surface area contributed by atoms with Gasteiger partial charge in [0.2, 0.25) is 5.28 Å². The average molecular weight is 317 g/mol. The second kappa shape index (κ2) is 4.76. The van der Waals surface area contributed by atoms with Crippen molar-refractivity contribution in [3.05, 3.63) is 22.4 Å². The van der Waals surface area contributed by atoms with Gasteiger partial charge < -0.3 is 0 Å². The maximum Gasteiger partial charge on any atom is 0.391 e. The number of hydrogen-bond donors (Lipinski definition) is 0. The molecule has 8 heteroatoms. The quantitative estimate of drug-likeness (QED) is 0.752. The molecule has 2 aromatic heterocycles. The van der Waals surface area contributed by atoms with Crippen molar-refractivity contribution in [2.75, 3.05) is 0 Å². The van der Waals surface area contributed by atoms with Crippen LogP contribution >= 0.6 is 11.6 Å². The molecular weight excluding hydrogens is 305 g/mol. The number of halogens is 4. The largest absolute Gasteiger partial charge is 0.391 e. The van der Waals surface area contributed by atoms with Gasteiger partial charge in [0, 0.05) is 5.92 Å². The van der Waals surface area contributed by atoms with Crippen LogP contribution in [0.5, 0.6) is 0 Å². The normalized spacial score (nSPS) is 22.4. The fourth-order valence-electron chi connectivity index (χ4n) is 2.50. The molecule has 0 spiro atoms. The van der Waals surface area contributed by atoms with Crippen molar-refractivity contribution < 1.29 is 13.2 Å². The van der Waals surface area contributed by atoms with Crippen LogP contribution in [0.2, 0.25) is 5.28 Å². The summed E-state index contributed by atoms with van der Waals surface area (Å²) in [7, 11) is 0. The minimum absolute atomic E-state index is 0.00879. The average Bonchev–Trinajstić information content (AvgIpc) is 2.27. The Balaban J connectivity index is 2.02. The number of aromatic nitrogens is 4. The molecule has 0 radical (unpaired) electrons. The molecule has 0 unspecified atom stereocenters. The van der Waals surface area contributed by atoms with Crippen molar-refractivity contribution in [2.24, 2.45) is 5.92 Å². The van der Waals surface area contributed by atoms with E-state index in [9.17, 15) is 13.2 Å². The van der Waals surface area contributed by atoms with Crippen molar-refractivity contribution in [2.45, 2.75) is 38.8 Å². The van der Waals surface area contributed by atoms with Gasteiger partial charge in [-0.1, -0.05) is 0 Å². The summed E-state index contributed by atoms with van der Waals surface area (Å²) >= 11 is 5.86. The molecule has 4 nitrogen and oxygen atoms in total. The number of nitrogens with zero attached hydrogens (tertiary/aromatic N) is 4. The van der Waals surface area contributed by atoms with E-state index in [1.54, 1.807) is 13.8 Å². The van der Waals surface area contributed by atoms with Crippen LogP contribution in [0, 0.1) is 19.8 Å². The van der Waals surface area contributed by atoms with Gasteiger partial charge in [0.15, 0.2) is 5.65 Å². The van der Waals surface area contributed by atoms with E-state index in [2.05, 4.69) is 19.9 Å². The van der Waals surface area contributed by atoms with Crippen LogP contribution in [0.15, 0.2) is 0 Å². The number of rotatable bonds is 1. The SMILES string of the molecule is Cc1nc2nc(Cl)nc([C@H]3C[C@H](C(F)(F)F)C3)c2nc1C. The van der Waals surface area contributed by atoms with Gasteiger partial charge >= 0.3 is 6.18 Å². The molecule has 0 aliphatic heterocycles. The van der Waals surface area contributed by atoms with Crippen LogP contribution in [0.3, 0.4) is 0 Å². The van der Waals surface area contributed by atoms with E-state index in [-0.39, 0.29) is 24.0 Å². The smallest absolute Gasteiger partial charge is 0.246 e. The lowest BCUT2D eigenvalue weighted by Crippen LogP contribution is -2.35. The van der Waals surface area contributed by atoms with Crippen LogP contribution in [0.1, 0.15) is 35.8 Å². The molecule has 1 aliphatic rings. The summed E-state index contributed by atoms with van der Waals surface area (Å²) in [6.45, 7) is 3.58. The maximum atomic E-state index is 12.6. The zero-order chi connectivity index (χ0) is 15.4. The van der Waals surface area contributed by atoms with E-state index in [1.807, 2.05) is 0 Å². The lowest BCUT2D eigenvalue weighted by Gasteiger charge is -2.36. The van der Waals surface area contributed by atoms with Crippen molar-refractivity contribution in [1.29, 1.82) is 0 Å². The highest BCUT2D eigenvalue weighted by Crippen LogP contribution is 2.49.